The third-order valence-electron chi connectivity index (χ3n) is 5.15. The molecule has 0 aliphatic carbocycles. The highest BCUT2D eigenvalue weighted by Gasteiger charge is 2.49. The molecule has 1 N–H and O–H groups in total. The Morgan fingerprint density at radius 2 is 1.39 bits per heavy atom. The predicted octanol–water partition coefficient (Wildman–Crippen LogP) is 4.19. The van der Waals surface area contributed by atoms with E-state index in [2.05, 4.69) is 5.32 Å². The van der Waals surface area contributed by atoms with E-state index < -0.39 is 6.04 Å². The second kappa shape index (κ2) is 7.31. The van der Waals surface area contributed by atoms with Crippen LogP contribution in [0.5, 0.6) is 0 Å². The SMILES string of the molecule is Cc1ccc([C@H]2[C@@H](NC(=O)c3ccccc3)C(=O)N2c2ccc(C)cc2)cc1. The first kappa shape index (κ1) is 18.0. The van der Waals surface area contributed by atoms with Crippen molar-refractivity contribution in [2.24, 2.45) is 0 Å². The Bertz CT molecular complexity index is 995. The van der Waals surface area contributed by atoms with E-state index in [1.807, 2.05) is 80.6 Å². The van der Waals surface area contributed by atoms with Crippen molar-refractivity contribution in [3.63, 3.8) is 0 Å². The summed E-state index contributed by atoms with van der Waals surface area (Å²) in [5.74, 6) is -0.335. The number of β-lactam (4-membered cyclic amide) rings is 1. The highest BCUT2D eigenvalue weighted by Crippen LogP contribution is 2.39. The van der Waals surface area contributed by atoms with Crippen LogP contribution < -0.4 is 10.2 Å². The van der Waals surface area contributed by atoms with Gasteiger partial charge in [-0.3, -0.25) is 9.59 Å². The summed E-state index contributed by atoms with van der Waals surface area (Å²) in [6, 6.07) is 24.1. The molecule has 0 aromatic heterocycles. The van der Waals surface area contributed by atoms with Crippen molar-refractivity contribution < 1.29 is 9.59 Å². The lowest BCUT2D eigenvalue weighted by Crippen LogP contribution is -2.66. The maximum absolute atomic E-state index is 13.0. The second-order valence-electron chi connectivity index (χ2n) is 7.22. The summed E-state index contributed by atoms with van der Waals surface area (Å²) in [4.78, 5) is 27.4. The van der Waals surface area contributed by atoms with Gasteiger partial charge in [-0.1, -0.05) is 65.7 Å². The van der Waals surface area contributed by atoms with Gasteiger partial charge in [0.25, 0.3) is 11.8 Å². The summed E-state index contributed by atoms with van der Waals surface area (Å²) in [5.41, 5.74) is 4.68. The van der Waals surface area contributed by atoms with Crippen molar-refractivity contribution in [2.45, 2.75) is 25.9 Å². The number of nitrogens with zero attached hydrogens (tertiary/aromatic N) is 1. The quantitative estimate of drug-likeness (QED) is 0.700. The van der Waals surface area contributed by atoms with Crippen molar-refractivity contribution in [1.29, 1.82) is 0 Å². The van der Waals surface area contributed by atoms with Crippen LogP contribution in [0.4, 0.5) is 5.69 Å². The molecule has 3 aromatic rings. The number of carbonyl (C=O) groups is 2. The van der Waals surface area contributed by atoms with Gasteiger partial charge < -0.3 is 10.2 Å². The maximum Gasteiger partial charge on any atom is 0.252 e. The number of amides is 2. The number of hydrogen-bond donors (Lipinski definition) is 1. The Hall–Kier alpha value is -3.40. The number of aryl methyl sites for hydroxylation is 2. The van der Waals surface area contributed by atoms with Crippen molar-refractivity contribution in [3.05, 3.63) is 101 Å². The Morgan fingerprint density at radius 3 is 2.00 bits per heavy atom. The topological polar surface area (TPSA) is 49.4 Å². The minimum absolute atomic E-state index is 0.0984. The van der Waals surface area contributed by atoms with Gasteiger partial charge in [-0.15, -0.1) is 0 Å². The molecule has 1 aliphatic rings. The molecule has 140 valence electrons. The molecule has 2 amide bonds. The standard InChI is InChI=1S/C24H22N2O2/c1-16-8-12-18(13-9-16)22-21(25-23(27)19-6-4-3-5-7-19)24(28)26(22)20-14-10-17(2)11-15-20/h3-15,21-22H,1-2H3,(H,25,27)/t21-,22+/m1/s1. The summed E-state index contributed by atoms with van der Waals surface area (Å²) in [5, 5.41) is 2.93. The lowest BCUT2D eigenvalue weighted by Gasteiger charge is -2.47. The molecule has 0 spiro atoms. The first-order chi connectivity index (χ1) is 13.5. The van der Waals surface area contributed by atoms with E-state index in [4.69, 9.17) is 0 Å². The van der Waals surface area contributed by atoms with Gasteiger partial charge in [-0.2, -0.15) is 0 Å². The van der Waals surface area contributed by atoms with Gasteiger partial charge in [0.15, 0.2) is 0 Å². The fourth-order valence-electron chi connectivity index (χ4n) is 3.54. The lowest BCUT2D eigenvalue weighted by molar-refractivity contribution is -0.127. The van der Waals surface area contributed by atoms with Crippen LogP contribution in [-0.4, -0.2) is 17.9 Å². The predicted molar refractivity (Wildman–Crippen MR) is 110 cm³/mol. The molecule has 1 aliphatic heterocycles. The molecule has 0 bridgehead atoms. The van der Waals surface area contributed by atoms with Crippen molar-refractivity contribution in [1.82, 2.24) is 5.32 Å². The lowest BCUT2D eigenvalue weighted by atomic mass is 9.87. The first-order valence-electron chi connectivity index (χ1n) is 9.37. The Morgan fingerprint density at radius 1 is 0.821 bits per heavy atom. The number of rotatable bonds is 4. The van der Waals surface area contributed by atoms with Crippen LogP contribution in [0.1, 0.15) is 33.1 Å². The van der Waals surface area contributed by atoms with Crippen LogP contribution in [0.25, 0.3) is 0 Å². The van der Waals surface area contributed by atoms with Crippen LogP contribution in [-0.2, 0) is 4.79 Å². The molecule has 1 heterocycles. The van der Waals surface area contributed by atoms with Gasteiger partial charge in [-0.05, 0) is 43.7 Å². The van der Waals surface area contributed by atoms with Gasteiger partial charge >= 0.3 is 0 Å². The Balaban J connectivity index is 1.65. The van der Waals surface area contributed by atoms with Gasteiger partial charge in [-0.25, -0.2) is 0 Å². The molecule has 2 atom stereocenters. The molecule has 4 nitrogen and oxygen atoms in total. The molecule has 4 heteroatoms. The molecule has 0 saturated carbocycles. The van der Waals surface area contributed by atoms with Crippen molar-refractivity contribution >= 4 is 17.5 Å². The van der Waals surface area contributed by atoms with Gasteiger partial charge in [0.2, 0.25) is 0 Å². The number of benzene rings is 3. The van der Waals surface area contributed by atoms with E-state index >= 15 is 0 Å². The number of hydrogen-bond acceptors (Lipinski definition) is 2. The van der Waals surface area contributed by atoms with Gasteiger partial charge in [0.05, 0.1) is 6.04 Å². The number of nitrogens with one attached hydrogen (secondary N) is 1. The van der Waals surface area contributed by atoms with E-state index in [0.717, 1.165) is 22.4 Å². The molecule has 4 rings (SSSR count). The van der Waals surface area contributed by atoms with E-state index in [1.54, 1.807) is 17.0 Å². The average molecular weight is 370 g/mol. The number of carbonyl (C=O) groups excluding carboxylic acids is 2. The molecular weight excluding hydrogens is 348 g/mol. The van der Waals surface area contributed by atoms with Crippen LogP contribution in [0.15, 0.2) is 78.9 Å². The average Bonchev–Trinajstić information content (AvgIpc) is 2.72. The summed E-state index contributed by atoms with van der Waals surface area (Å²) in [6.07, 6.45) is 0. The summed E-state index contributed by atoms with van der Waals surface area (Å²) >= 11 is 0. The smallest absolute Gasteiger partial charge is 0.252 e. The van der Waals surface area contributed by atoms with Crippen LogP contribution in [0.2, 0.25) is 0 Å². The first-order valence-corrected chi connectivity index (χ1v) is 9.37. The maximum atomic E-state index is 13.0. The third-order valence-corrected chi connectivity index (χ3v) is 5.15. The minimum atomic E-state index is -0.586. The summed E-state index contributed by atoms with van der Waals surface area (Å²) < 4.78 is 0. The molecular formula is C24H22N2O2. The van der Waals surface area contributed by atoms with Crippen LogP contribution in [0.3, 0.4) is 0 Å². The molecule has 0 unspecified atom stereocenters. The monoisotopic (exact) mass is 370 g/mol. The number of anilines is 1. The second-order valence-corrected chi connectivity index (χ2v) is 7.22. The Labute approximate surface area is 164 Å². The van der Waals surface area contributed by atoms with Crippen molar-refractivity contribution in [3.8, 4) is 0 Å². The van der Waals surface area contributed by atoms with Crippen molar-refractivity contribution in [2.75, 3.05) is 4.90 Å². The van der Waals surface area contributed by atoms with E-state index in [1.165, 1.54) is 0 Å². The molecule has 28 heavy (non-hydrogen) atoms. The molecule has 1 saturated heterocycles. The molecule has 0 radical (unpaired) electrons. The van der Waals surface area contributed by atoms with Gasteiger partial charge in [0.1, 0.15) is 6.04 Å². The van der Waals surface area contributed by atoms with E-state index in [0.29, 0.717) is 5.56 Å². The summed E-state index contributed by atoms with van der Waals surface area (Å²) in [7, 11) is 0. The highest BCUT2D eigenvalue weighted by molar-refractivity contribution is 6.09. The normalized spacial score (nSPS) is 18.5. The fourth-order valence-corrected chi connectivity index (χ4v) is 3.54. The van der Waals surface area contributed by atoms with Gasteiger partial charge in [0, 0.05) is 11.3 Å². The zero-order valence-corrected chi connectivity index (χ0v) is 15.9. The summed E-state index contributed by atoms with van der Waals surface area (Å²) in [6.45, 7) is 4.05. The zero-order chi connectivity index (χ0) is 19.7. The third kappa shape index (κ3) is 3.29. The molecule has 1 fully saturated rings. The van der Waals surface area contributed by atoms with E-state index in [9.17, 15) is 9.59 Å². The largest absolute Gasteiger partial charge is 0.338 e. The Kier molecular flexibility index (Phi) is 4.70. The van der Waals surface area contributed by atoms with Crippen LogP contribution >= 0.6 is 0 Å². The highest BCUT2D eigenvalue weighted by atomic mass is 16.2. The minimum Gasteiger partial charge on any atom is -0.338 e. The van der Waals surface area contributed by atoms with E-state index in [-0.39, 0.29) is 17.9 Å². The zero-order valence-electron chi connectivity index (χ0n) is 15.9. The van der Waals surface area contributed by atoms with Crippen LogP contribution in [0, 0.1) is 13.8 Å². The molecule has 3 aromatic carbocycles. The fraction of sp³-hybridized carbons (Fsp3) is 0.167.